The van der Waals surface area contributed by atoms with Crippen LogP contribution in [0.1, 0.15) is 47.0 Å². The topological polar surface area (TPSA) is 32.7 Å². The van der Waals surface area contributed by atoms with Crippen molar-refractivity contribution < 1.29 is 9.84 Å². The number of fused-ring (bicyclic) bond motifs is 2. The van der Waals surface area contributed by atoms with Crippen molar-refractivity contribution in [2.45, 2.75) is 70.3 Å². The summed E-state index contributed by atoms with van der Waals surface area (Å²) in [4.78, 5) is 2.61. The van der Waals surface area contributed by atoms with E-state index in [9.17, 15) is 5.11 Å². The van der Waals surface area contributed by atoms with Gasteiger partial charge in [0.2, 0.25) is 0 Å². The van der Waals surface area contributed by atoms with Crippen LogP contribution in [0.15, 0.2) is 0 Å². The molecule has 1 saturated carbocycles. The van der Waals surface area contributed by atoms with Crippen molar-refractivity contribution in [3.05, 3.63) is 0 Å². The number of hydrogen-bond acceptors (Lipinski definition) is 3. The van der Waals surface area contributed by atoms with Crippen molar-refractivity contribution in [2.24, 2.45) is 11.8 Å². The van der Waals surface area contributed by atoms with Gasteiger partial charge in [0.05, 0.1) is 17.3 Å². The van der Waals surface area contributed by atoms with E-state index in [0.717, 1.165) is 18.5 Å². The van der Waals surface area contributed by atoms with Crippen LogP contribution in [0.3, 0.4) is 0 Å². The molecular formula is C15H27NO2. The minimum Gasteiger partial charge on any atom is -0.390 e. The van der Waals surface area contributed by atoms with Gasteiger partial charge in [0.25, 0.3) is 0 Å². The van der Waals surface area contributed by atoms with E-state index < -0.39 is 5.60 Å². The van der Waals surface area contributed by atoms with Crippen LogP contribution < -0.4 is 0 Å². The van der Waals surface area contributed by atoms with Crippen LogP contribution in [0.2, 0.25) is 0 Å². The summed E-state index contributed by atoms with van der Waals surface area (Å²) in [6.07, 6.45) is 3.80. The van der Waals surface area contributed by atoms with Crippen molar-refractivity contribution in [2.75, 3.05) is 13.1 Å². The molecule has 0 amide bonds. The molecule has 4 unspecified atom stereocenters. The lowest BCUT2D eigenvalue weighted by Gasteiger charge is -2.34. The fraction of sp³-hybridized carbons (Fsp3) is 1.00. The molecule has 4 atom stereocenters. The predicted octanol–water partition coefficient (Wildman–Crippen LogP) is 2.04. The van der Waals surface area contributed by atoms with Gasteiger partial charge in [-0.2, -0.15) is 0 Å². The third-order valence-corrected chi connectivity index (χ3v) is 5.47. The fourth-order valence-electron chi connectivity index (χ4n) is 4.50. The van der Waals surface area contributed by atoms with Crippen LogP contribution in [0.5, 0.6) is 0 Å². The third kappa shape index (κ3) is 1.91. The molecular weight excluding hydrogens is 226 g/mol. The molecule has 0 aromatic carbocycles. The maximum absolute atomic E-state index is 10.5. The first kappa shape index (κ1) is 12.9. The monoisotopic (exact) mass is 253 g/mol. The highest BCUT2D eigenvalue weighted by Crippen LogP contribution is 2.45. The first-order chi connectivity index (χ1) is 8.29. The fourth-order valence-corrected chi connectivity index (χ4v) is 4.50. The zero-order valence-electron chi connectivity index (χ0n) is 12.1. The van der Waals surface area contributed by atoms with Crippen LogP contribution in [0, 0.1) is 11.8 Å². The van der Waals surface area contributed by atoms with E-state index in [-0.39, 0.29) is 17.6 Å². The summed E-state index contributed by atoms with van der Waals surface area (Å²) < 4.78 is 6.07. The Hall–Kier alpha value is -0.120. The predicted molar refractivity (Wildman–Crippen MR) is 71.4 cm³/mol. The summed E-state index contributed by atoms with van der Waals surface area (Å²) >= 11 is 0. The Kier molecular flexibility index (Phi) is 2.82. The standard InChI is InChI=1S/C15H27NO2/c1-14(2)12(13(17)15(3,4)18-14)9-16-8-10-5-6-11(16)7-10/h10-13,17H,5-9H2,1-4H3. The molecule has 3 fully saturated rings. The normalized spacial score (nSPS) is 45.8. The number of rotatable bonds is 2. The lowest BCUT2D eigenvalue weighted by molar-refractivity contribution is -0.0914. The van der Waals surface area contributed by atoms with Gasteiger partial charge in [-0.3, -0.25) is 4.90 Å². The Morgan fingerprint density at radius 1 is 1.17 bits per heavy atom. The number of aliphatic hydroxyl groups is 1. The summed E-state index contributed by atoms with van der Waals surface area (Å²) in [5.74, 6) is 1.15. The molecule has 2 bridgehead atoms. The summed E-state index contributed by atoms with van der Waals surface area (Å²) in [6, 6.07) is 0.779. The lowest BCUT2D eigenvalue weighted by atomic mass is 9.84. The van der Waals surface area contributed by atoms with Crippen LogP contribution in [-0.2, 0) is 4.74 Å². The van der Waals surface area contributed by atoms with Crippen molar-refractivity contribution >= 4 is 0 Å². The number of ether oxygens (including phenoxy) is 1. The molecule has 0 spiro atoms. The Morgan fingerprint density at radius 2 is 1.89 bits per heavy atom. The Bertz CT molecular complexity index is 339. The van der Waals surface area contributed by atoms with Gasteiger partial charge in [-0.25, -0.2) is 0 Å². The lowest BCUT2D eigenvalue weighted by Crippen LogP contribution is -2.45. The SMILES string of the molecule is CC1(C)OC(C)(C)C(CN2CC3CCC2C3)C1O. The van der Waals surface area contributed by atoms with E-state index in [0.29, 0.717) is 0 Å². The van der Waals surface area contributed by atoms with Gasteiger partial charge < -0.3 is 9.84 Å². The molecule has 104 valence electrons. The van der Waals surface area contributed by atoms with Gasteiger partial charge in [0.1, 0.15) is 0 Å². The van der Waals surface area contributed by atoms with E-state index in [2.05, 4.69) is 18.7 Å². The van der Waals surface area contributed by atoms with Crippen molar-refractivity contribution in [1.82, 2.24) is 4.90 Å². The molecule has 3 aliphatic rings. The van der Waals surface area contributed by atoms with Gasteiger partial charge in [-0.05, 0) is 52.9 Å². The second-order valence-electron chi connectivity index (χ2n) is 7.65. The Labute approximate surface area is 110 Å². The molecule has 2 heterocycles. The molecule has 18 heavy (non-hydrogen) atoms. The molecule has 3 rings (SSSR count). The third-order valence-electron chi connectivity index (χ3n) is 5.47. The smallest absolute Gasteiger partial charge is 0.0896 e. The van der Waals surface area contributed by atoms with Crippen molar-refractivity contribution in [1.29, 1.82) is 0 Å². The van der Waals surface area contributed by atoms with Gasteiger partial charge >= 0.3 is 0 Å². The van der Waals surface area contributed by atoms with Crippen LogP contribution >= 0.6 is 0 Å². The molecule has 3 nitrogen and oxygen atoms in total. The molecule has 2 aliphatic heterocycles. The largest absolute Gasteiger partial charge is 0.390 e. The first-order valence-corrected chi connectivity index (χ1v) is 7.42. The first-order valence-electron chi connectivity index (χ1n) is 7.42. The van der Waals surface area contributed by atoms with E-state index in [4.69, 9.17) is 4.74 Å². The molecule has 1 aliphatic carbocycles. The van der Waals surface area contributed by atoms with Gasteiger partial charge in [0, 0.05) is 25.0 Å². The maximum Gasteiger partial charge on any atom is 0.0896 e. The number of hydrogen-bond donors (Lipinski definition) is 1. The highest BCUT2D eigenvalue weighted by atomic mass is 16.5. The second-order valence-corrected chi connectivity index (χ2v) is 7.65. The van der Waals surface area contributed by atoms with Gasteiger partial charge in [-0.15, -0.1) is 0 Å². The van der Waals surface area contributed by atoms with Crippen molar-refractivity contribution in [3.63, 3.8) is 0 Å². The van der Waals surface area contributed by atoms with E-state index in [1.54, 1.807) is 0 Å². The highest BCUT2D eigenvalue weighted by Gasteiger charge is 2.54. The Balaban J connectivity index is 1.72. The summed E-state index contributed by atoms with van der Waals surface area (Å²) in [7, 11) is 0. The molecule has 3 heteroatoms. The highest BCUT2D eigenvalue weighted by molar-refractivity contribution is 5.04. The van der Waals surface area contributed by atoms with E-state index in [1.165, 1.54) is 25.8 Å². The van der Waals surface area contributed by atoms with E-state index in [1.807, 2.05) is 13.8 Å². The van der Waals surface area contributed by atoms with Crippen LogP contribution in [0.25, 0.3) is 0 Å². The Morgan fingerprint density at radius 3 is 2.33 bits per heavy atom. The summed E-state index contributed by atoms with van der Waals surface area (Å²) in [5, 5.41) is 10.5. The number of likely N-dealkylation sites (tertiary alicyclic amines) is 1. The molecule has 0 aromatic rings. The molecule has 1 N–H and O–H groups in total. The van der Waals surface area contributed by atoms with Gasteiger partial charge in [-0.1, -0.05) is 0 Å². The number of nitrogens with zero attached hydrogens (tertiary/aromatic N) is 1. The summed E-state index contributed by atoms with van der Waals surface area (Å²) in [5.41, 5.74) is -0.627. The minimum absolute atomic E-state index is 0.218. The maximum atomic E-state index is 10.5. The van der Waals surface area contributed by atoms with Gasteiger partial charge in [0.15, 0.2) is 0 Å². The van der Waals surface area contributed by atoms with Crippen molar-refractivity contribution in [3.8, 4) is 0 Å². The molecule has 0 radical (unpaired) electrons. The zero-order valence-corrected chi connectivity index (χ0v) is 12.1. The quantitative estimate of drug-likeness (QED) is 0.817. The molecule has 0 aromatic heterocycles. The zero-order chi connectivity index (χ0) is 13.1. The summed E-state index contributed by atoms with van der Waals surface area (Å²) in [6.45, 7) is 10.5. The number of piperidine rings is 1. The second kappa shape index (κ2) is 3.94. The molecule has 2 saturated heterocycles. The minimum atomic E-state index is -0.410. The van der Waals surface area contributed by atoms with Crippen LogP contribution in [-0.4, -0.2) is 46.4 Å². The number of aliphatic hydroxyl groups excluding tert-OH is 1. The average Bonchev–Trinajstić information content (AvgIpc) is 2.87. The van der Waals surface area contributed by atoms with E-state index >= 15 is 0 Å². The average molecular weight is 253 g/mol. The van der Waals surface area contributed by atoms with Crippen LogP contribution in [0.4, 0.5) is 0 Å².